The fourth-order valence-corrected chi connectivity index (χ4v) is 4.58. The zero-order valence-corrected chi connectivity index (χ0v) is 26.0. The molecule has 1 aliphatic heterocycles. The number of nitrogens with one attached hydrogen (secondary N) is 5. The zero-order chi connectivity index (χ0) is 32.9. The highest BCUT2D eigenvalue weighted by Gasteiger charge is 2.34. The van der Waals surface area contributed by atoms with E-state index in [-0.39, 0.29) is 60.9 Å². The summed E-state index contributed by atoms with van der Waals surface area (Å²) in [5.41, 5.74) is 5.83. The molecule has 0 aliphatic carbocycles. The highest BCUT2D eigenvalue weighted by Crippen LogP contribution is 2.27. The number of carboxylic acids is 2. The van der Waals surface area contributed by atoms with Crippen LogP contribution in [0.1, 0.15) is 55.8 Å². The SMILES string of the molecule is CCOC(=O)CCCCCNC(=O)N1c2c(nc(N)[nH]c2=O)NCC1CNc1ccc(C(=O)NC(CCC(=O)O)C(=O)O)cc1.Cl. The number of hydrogen-bond acceptors (Lipinski definition) is 11. The van der Waals surface area contributed by atoms with Gasteiger partial charge in [-0.2, -0.15) is 4.98 Å². The number of aromatic amines is 1. The molecule has 1 aromatic carbocycles. The van der Waals surface area contributed by atoms with E-state index in [1.807, 2.05) is 0 Å². The number of rotatable bonds is 16. The summed E-state index contributed by atoms with van der Waals surface area (Å²) in [6, 6.07) is 3.67. The minimum absolute atomic E-state index is 0. The lowest BCUT2D eigenvalue weighted by molar-refractivity contribution is -0.143. The van der Waals surface area contributed by atoms with E-state index in [1.165, 1.54) is 17.0 Å². The van der Waals surface area contributed by atoms with Crippen molar-refractivity contribution in [1.29, 1.82) is 0 Å². The average Bonchev–Trinajstić information content (AvgIpc) is 2.99. The number of aromatic nitrogens is 2. The first kappa shape index (κ1) is 37.1. The number of carboxylic acid groups (broad SMARTS) is 2. The predicted octanol–water partition coefficient (Wildman–Crippen LogP) is 1.37. The lowest BCUT2D eigenvalue weighted by Gasteiger charge is -2.36. The topological polar surface area (TPSA) is 258 Å². The van der Waals surface area contributed by atoms with Crippen LogP contribution in [0.2, 0.25) is 0 Å². The second kappa shape index (κ2) is 18.0. The molecule has 3 rings (SSSR count). The number of carbonyl (C=O) groups is 5. The molecule has 0 spiro atoms. The van der Waals surface area contributed by atoms with Gasteiger partial charge in [-0.05, 0) is 50.5 Å². The third-order valence-electron chi connectivity index (χ3n) is 6.82. The Labute approximate surface area is 270 Å². The molecule has 2 unspecified atom stereocenters. The van der Waals surface area contributed by atoms with Gasteiger partial charge >= 0.3 is 23.9 Å². The minimum Gasteiger partial charge on any atom is -0.481 e. The van der Waals surface area contributed by atoms with E-state index < -0.39 is 47.9 Å². The third kappa shape index (κ3) is 10.8. The van der Waals surface area contributed by atoms with Gasteiger partial charge in [0.05, 0.1) is 12.6 Å². The summed E-state index contributed by atoms with van der Waals surface area (Å²) in [6.07, 6.45) is 1.53. The van der Waals surface area contributed by atoms with Crippen molar-refractivity contribution in [3.05, 3.63) is 40.2 Å². The minimum atomic E-state index is -1.36. The van der Waals surface area contributed by atoms with Crippen molar-refractivity contribution < 1.29 is 38.9 Å². The van der Waals surface area contributed by atoms with Crippen LogP contribution < -0.4 is 37.5 Å². The quantitative estimate of drug-likeness (QED) is 0.0931. The molecule has 2 atom stereocenters. The number of anilines is 4. The van der Waals surface area contributed by atoms with Gasteiger partial charge in [-0.15, -0.1) is 12.4 Å². The van der Waals surface area contributed by atoms with Gasteiger partial charge in [0, 0.05) is 43.7 Å². The Hall–Kier alpha value is -5.06. The normalized spacial score (nSPS) is 14.0. The number of urea groups is 1. The van der Waals surface area contributed by atoms with Crippen LogP contribution in [0.4, 0.5) is 27.9 Å². The van der Waals surface area contributed by atoms with E-state index in [0.717, 1.165) is 0 Å². The number of nitrogens with two attached hydrogens (primary N) is 1. The molecule has 0 saturated heterocycles. The van der Waals surface area contributed by atoms with E-state index in [1.54, 1.807) is 19.1 Å². The Morgan fingerprint density at radius 2 is 1.83 bits per heavy atom. The molecule has 1 aromatic heterocycles. The third-order valence-corrected chi connectivity index (χ3v) is 6.82. The Morgan fingerprint density at radius 3 is 2.48 bits per heavy atom. The van der Waals surface area contributed by atoms with E-state index in [0.29, 0.717) is 44.5 Å². The summed E-state index contributed by atoms with van der Waals surface area (Å²) in [6.45, 7) is 2.79. The van der Waals surface area contributed by atoms with E-state index in [4.69, 9.17) is 15.6 Å². The number of ether oxygens (including phenoxy) is 1. The summed E-state index contributed by atoms with van der Waals surface area (Å²) in [5, 5.41) is 29.4. The number of nitrogens with zero attached hydrogens (tertiary/aromatic N) is 2. The number of halogens is 1. The Morgan fingerprint density at radius 1 is 1.11 bits per heavy atom. The number of hydrogen-bond donors (Lipinski definition) is 8. The van der Waals surface area contributed by atoms with Crippen LogP contribution in [0.15, 0.2) is 29.1 Å². The zero-order valence-electron chi connectivity index (χ0n) is 25.2. The number of fused-ring (bicyclic) bond motifs is 1. The van der Waals surface area contributed by atoms with Crippen molar-refractivity contribution in [3.8, 4) is 0 Å². The average molecular weight is 667 g/mol. The number of H-pyrrole nitrogens is 1. The van der Waals surface area contributed by atoms with Crippen molar-refractivity contribution in [2.45, 2.75) is 57.5 Å². The molecular formula is C28H39ClN8O9. The maximum absolute atomic E-state index is 13.3. The van der Waals surface area contributed by atoms with Gasteiger partial charge in [-0.25, -0.2) is 9.59 Å². The molecule has 46 heavy (non-hydrogen) atoms. The van der Waals surface area contributed by atoms with Crippen molar-refractivity contribution in [2.24, 2.45) is 0 Å². The van der Waals surface area contributed by atoms with Gasteiger partial charge < -0.3 is 42.0 Å². The molecule has 2 aromatic rings. The maximum atomic E-state index is 13.3. The number of amides is 3. The molecule has 3 amide bonds. The monoisotopic (exact) mass is 666 g/mol. The molecular weight excluding hydrogens is 628 g/mol. The van der Waals surface area contributed by atoms with Gasteiger partial charge in [0.1, 0.15) is 6.04 Å². The summed E-state index contributed by atoms with van der Waals surface area (Å²) in [7, 11) is 0. The van der Waals surface area contributed by atoms with E-state index in [9.17, 15) is 33.9 Å². The second-order valence-electron chi connectivity index (χ2n) is 10.2. The molecule has 9 N–H and O–H groups in total. The second-order valence-corrected chi connectivity index (χ2v) is 10.2. The summed E-state index contributed by atoms with van der Waals surface area (Å²) >= 11 is 0. The molecule has 0 saturated carbocycles. The van der Waals surface area contributed by atoms with Crippen molar-refractivity contribution in [2.75, 3.05) is 47.5 Å². The van der Waals surface area contributed by atoms with Gasteiger partial charge in [0.15, 0.2) is 11.5 Å². The van der Waals surface area contributed by atoms with Crippen LogP contribution >= 0.6 is 12.4 Å². The molecule has 0 fully saturated rings. The molecule has 17 nitrogen and oxygen atoms in total. The molecule has 0 bridgehead atoms. The maximum Gasteiger partial charge on any atom is 0.326 e. The first-order valence-electron chi connectivity index (χ1n) is 14.5. The van der Waals surface area contributed by atoms with Crippen LogP contribution in [0, 0.1) is 0 Å². The van der Waals surface area contributed by atoms with Crippen molar-refractivity contribution in [3.63, 3.8) is 0 Å². The lowest BCUT2D eigenvalue weighted by Crippen LogP contribution is -2.56. The Kier molecular flexibility index (Phi) is 14.6. The van der Waals surface area contributed by atoms with Crippen LogP contribution in [0.5, 0.6) is 0 Å². The first-order chi connectivity index (χ1) is 21.5. The number of nitrogen functional groups attached to an aromatic ring is 1. The number of carbonyl (C=O) groups excluding carboxylic acids is 3. The molecule has 18 heteroatoms. The van der Waals surface area contributed by atoms with Crippen molar-refractivity contribution >= 4 is 65.4 Å². The van der Waals surface area contributed by atoms with Gasteiger partial charge in [0.2, 0.25) is 5.95 Å². The van der Waals surface area contributed by atoms with Crippen molar-refractivity contribution in [1.82, 2.24) is 20.6 Å². The van der Waals surface area contributed by atoms with Gasteiger partial charge in [-0.1, -0.05) is 6.42 Å². The largest absolute Gasteiger partial charge is 0.481 e. The standard InChI is InChI=1S/C28H38N8O9.ClH/c1-2-45-21(39)6-4-3-5-13-30-28(44)36-18(15-32-23-22(36)25(41)35-27(29)34-23)14-31-17-9-7-16(8-10-17)24(40)33-19(26(42)43)11-12-20(37)38;/h7-10,18-19,31H,2-6,11-15H2,1H3,(H,30,44)(H,33,40)(H,37,38)(H,42,43)(H4,29,32,34,35,41);1H. The highest BCUT2D eigenvalue weighted by atomic mass is 35.5. The number of esters is 1. The number of benzene rings is 1. The van der Waals surface area contributed by atoms with Crippen LogP contribution in [0.25, 0.3) is 0 Å². The fourth-order valence-electron chi connectivity index (χ4n) is 4.58. The fraction of sp³-hybridized carbons (Fsp3) is 0.464. The van der Waals surface area contributed by atoms with Crippen LogP contribution in [0.3, 0.4) is 0 Å². The predicted molar refractivity (Wildman–Crippen MR) is 170 cm³/mol. The van der Waals surface area contributed by atoms with Crippen LogP contribution in [-0.4, -0.2) is 88.4 Å². The summed E-state index contributed by atoms with van der Waals surface area (Å²) in [4.78, 5) is 80.2. The molecule has 1 aliphatic rings. The van der Waals surface area contributed by atoms with Gasteiger partial charge in [-0.3, -0.25) is 29.1 Å². The molecule has 0 radical (unpaired) electrons. The summed E-state index contributed by atoms with van der Waals surface area (Å²) in [5.74, 6) is -3.41. The number of aliphatic carboxylic acids is 2. The Bertz CT molecular complexity index is 1440. The van der Waals surface area contributed by atoms with E-state index >= 15 is 0 Å². The van der Waals surface area contributed by atoms with Crippen LogP contribution in [-0.2, 0) is 19.1 Å². The molecule has 252 valence electrons. The molecule has 2 heterocycles. The smallest absolute Gasteiger partial charge is 0.326 e. The highest BCUT2D eigenvalue weighted by molar-refractivity contribution is 5.97. The first-order valence-corrected chi connectivity index (χ1v) is 14.5. The number of unbranched alkanes of at least 4 members (excludes halogenated alkanes) is 2. The van der Waals surface area contributed by atoms with Gasteiger partial charge in [0.25, 0.3) is 11.5 Å². The Balaban J connectivity index is 0.00000736. The summed E-state index contributed by atoms with van der Waals surface area (Å²) < 4.78 is 4.91. The lowest BCUT2D eigenvalue weighted by atomic mass is 10.1. The van der Waals surface area contributed by atoms with E-state index in [2.05, 4.69) is 31.2 Å².